The lowest BCUT2D eigenvalue weighted by atomic mass is 10.1. The molecule has 232 valence electrons. The SMILES string of the molecule is CCOc1ccccc1N(CC(=O)N(CCc1ccccc1)C(CC)C(=O)NC(C)CC)S(=O)(=O)c1ccc(SC)cc1. The van der Waals surface area contributed by atoms with Crippen LogP contribution in [0.25, 0.3) is 0 Å². The molecule has 0 bridgehead atoms. The fourth-order valence-corrected chi connectivity index (χ4v) is 6.50. The number of thioether (sulfide) groups is 1. The number of para-hydroxylation sites is 2. The number of rotatable bonds is 16. The molecule has 0 spiro atoms. The van der Waals surface area contributed by atoms with Crippen molar-refractivity contribution in [3.05, 3.63) is 84.4 Å². The van der Waals surface area contributed by atoms with Crippen LogP contribution in [-0.4, -0.2) is 63.2 Å². The Bertz CT molecular complexity index is 1430. The van der Waals surface area contributed by atoms with Crippen molar-refractivity contribution in [2.24, 2.45) is 0 Å². The van der Waals surface area contributed by atoms with Gasteiger partial charge in [0.25, 0.3) is 10.0 Å². The van der Waals surface area contributed by atoms with Gasteiger partial charge in [-0.15, -0.1) is 11.8 Å². The fourth-order valence-electron chi connectivity index (χ4n) is 4.67. The van der Waals surface area contributed by atoms with Crippen LogP contribution < -0.4 is 14.4 Å². The van der Waals surface area contributed by atoms with Crippen LogP contribution in [0.4, 0.5) is 5.69 Å². The van der Waals surface area contributed by atoms with E-state index in [-0.39, 0.29) is 29.1 Å². The second kappa shape index (κ2) is 16.4. The smallest absolute Gasteiger partial charge is 0.264 e. The summed E-state index contributed by atoms with van der Waals surface area (Å²) in [6.45, 7) is 7.64. The number of ether oxygens (including phenoxy) is 1. The number of amides is 2. The monoisotopic (exact) mass is 625 g/mol. The summed E-state index contributed by atoms with van der Waals surface area (Å²) in [5.41, 5.74) is 1.27. The van der Waals surface area contributed by atoms with E-state index in [1.54, 1.807) is 48.5 Å². The number of nitrogens with zero attached hydrogens (tertiary/aromatic N) is 2. The number of nitrogens with one attached hydrogen (secondary N) is 1. The summed E-state index contributed by atoms with van der Waals surface area (Å²) in [4.78, 5) is 30.2. The van der Waals surface area contributed by atoms with E-state index < -0.39 is 28.5 Å². The van der Waals surface area contributed by atoms with Crippen LogP contribution in [0.1, 0.15) is 46.1 Å². The van der Waals surface area contributed by atoms with E-state index in [2.05, 4.69) is 5.32 Å². The summed E-state index contributed by atoms with van der Waals surface area (Å²) >= 11 is 1.51. The molecule has 1 N–H and O–H groups in total. The molecule has 0 aliphatic heterocycles. The van der Waals surface area contributed by atoms with Gasteiger partial charge in [0, 0.05) is 17.5 Å². The van der Waals surface area contributed by atoms with Crippen molar-refractivity contribution in [3.8, 4) is 5.75 Å². The Morgan fingerprint density at radius 3 is 2.16 bits per heavy atom. The second-order valence-corrected chi connectivity index (χ2v) is 12.9. The number of benzene rings is 3. The Kier molecular flexibility index (Phi) is 12.9. The first kappa shape index (κ1) is 34.0. The lowest BCUT2D eigenvalue weighted by Crippen LogP contribution is -2.54. The van der Waals surface area contributed by atoms with Gasteiger partial charge < -0.3 is 15.0 Å². The highest BCUT2D eigenvalue weighted by atomic mass is 32.2. The predicted octanol–water partition coefficient (Wildman–Crippen LogP) is 5.77. The maximum atomic E-state index is 14.3. The molecule has 2 atom stereocenters. The molecule has 2 unspecified atom stereocenters. The Morgan fingerprint density at radius 2 is 1.56 bits per heavy atom. The molecular weight excluding hydrogens is 583 g/mol. The number of sulfonamides is 1. The van der Waals surface area contributed by atoms with Gasteiger partial charge in [0.1, 0.15) is 18.3 Å². The standard InChI is InChI=1S/C33H43N3O5S2/c1-6-25(4)34-33(38)29(7-2)35(23-22-26-14-10-9-11-15-26)32(37)24-36(30-16-12-13-17-31(30)41-8-3)43(39,40)28-20-18-27(42-5)19-21-28/h9-21,25,29H,6-8,22-24H2,1-5H3,(H,34,38). The lowest BCUT2D eigenvalue weighted by Gasteiger charge is -2.34. The predicted molar refractivity (Wildman–Crippen MR) is 174 cm³/mol. The van der Waals surface area contributed by atoms with Gasteiger partial charge in [-0.3, -0.25) is 13.9 Å². The van der Waals surface area contributed by atoms with Crippen molar-refractivity contribution in [2.75, 3.05) is 30.3 Å². The number of anilines is 1. The zero-order valence-electron chi connectivity index (χ0n) is 25.7. The summed E-state index contributed by atoms with van der Waals surface area (Å²) in [5.74, 6) is -0.382. The van der Waals surface area contributed by atoms with Crippen LogP contribution in [0.15, 0.2) is 88.7 Å². The highest BCUT2D eigenvalue weighted by molar-refractivity contribution is 7.98. The Labute approximate surface area is 260 Å². The molecule has 0 aromatic heterocycles. The largest absolute Gasteiger partial charge is 0.492 e. The Balaban J connectivity index is 2.06. The van der Waals surface area contributed by atoms with Crippen molar-refractivity contribution in [1.29, 1.82) is 0 Å². The molecule has 3 rings (SSSR count). The van der Waals surface area contributed by atoms with Gasteiger partial charge in [0.15, 0.2) is 0 Å². The molecule has 3 aromatic carbocycles. The molecule has 3 aromatic rings. The molecule has 0 aliphatic rings. The molecule has 0 fully saturated rings. The van der Waals surface area contributed by atoms with Crippen molar-refractivity contribution in [3.63, 3.8) is 0 Å². The van der Waals surface area contributed by atoms with Crippen molar-refractivity contribution in [1.82, 2.24) is 10.2 Å². The van der Waals surface area contributed by atoms with Gasteiger partial charge in [0.05, 0.1) is 17.2 Å². The summed E-state index contributed by atoms with van der Waals surface area (Å²) < 4.78 is 35.3. The van der Waals surface area contributed by atoms with Gasteiger partial charge >= 0.3 is 0 Å². The van der Waals surface area contributed by atoms with Gasteiger partial charge in [-0.1, -0.05) is 56.3 Å². The van der Waals surface area contributed by atoms with E-state index in [4.69, 9.17) is 4.74 Å². The minimum atomic E-state index is -4.20. The van der Waals surface area contributed by atoms with E-state index in [0.717, 1.165) is 21.2 Å². The van der Waals surface area contributed by atoms with Crippen molar-refractivity contribution in [2.45, 2.75) is 68.8 Å². The molecule has 8 nitrogen and oxygen atoms in total. The van der Waals surface area contributed by atoms with E-state index in [1.165, 1.54) is 16.7 Å². The third-order valence-corrected chi connectivity index (χ3v) is 9.75. The molecule has 0 aliphatic carbocycles. The van der Waals surface area contributed by atoms with Crippen LogP contribution in [0, 0.1) is 0 Å². The van der Waals surface area contributed by atoms with Crippen LogP contribution >= 0.6 is 11.8 Å². The van der Waals surface area contributed by atoms with Gasteiger partial charge in [-0.05, 0) is 81.3 Å². The van der Waals surface area contributed by atoms with Crippen molar-refractivity contribution >= 4 is 39.3 Å². The number of carbonyl (C=O) groups is 2. The summed E-state index contributed by atoms with van der Waals surface area (Å²) in [5, 5.41) is 3.01. The van der Waals surface area contributed by atoms with Crippen LogP contribution in [-0.2, 0) is 26.0 Å². The minimum absolute atomic E-state index is 0.0572. The van der Waals surface area contributed by atoms with Gasteiger partial charge in [0.2, 0.25) is 11.8 Å². The normalized spacial score (nSPS) is 12.7. The first-order chi connectivity index (χ1) is 20.7. The highest BCUT2D eigenvalue weighted by Gasteiger charge is 2.34. The number of hydrogen-bond donors (Lipinski definition) is 1. The third-order valence-electron chi connectivity index (χ3n) is 7.23. The number of carbonyl (C=O) groups excluding carboxylic acids is 2. The average Bonchev–Trinajstić information content (AvgIpc) is 3.02. The third kappa shape index (κ3) is 9.00. The van der Waals surface area contributed by atoms with E-state index in [0.29, 0.717) is 25.2 Å². The molecule has 10 heteroatoms. The van der Waals surface area contributed by atoms with E-state index in [1.807, 2.05) is 64.3 Å². The highest BCUT2D eigenvalue weighted by Crippen LogP contribution is 2.33. The van der Waals surface area contributed by atoms with Crippen LogP contribution in [0.5, 0.6) is 5.75 Å². The molecule has 0 radical (unpaired) electrons. The summed E-state index contributed by atoms with van der Waals surface area (Å²) in [6.07, 6.45) is 3.55. The van der Waals surface area contributed by atoms with Crippen LogP contribution in [0.2, 0.25) is 0 Å². The maximum Gasteiger partial charge on any atom is 0.264 e. The van der Waals surface area contributed by atoms with Gasteiger partial charge in [-0.25, -0.2) is 8.42 Å². The average molecular weight is 626 g/mol. The van der Waals surface area contributed by atoms with Crippen molar-refractivity contribution < 1.29 is 22.7 Å². The summed E-state index contributed by atoms with van der Waals surface area (Å²) in [6, 6.07) is 22.2. The quantitative estimate of drug-likeness (QED) is 0.203. The van der Waals surface area contributed by atoms with E-state index >= 15 is 0 Å². The summed E-state index contributed by atoms with van der Waals surface area (Å²) in [7, 11) is -4.20. The topological polar surface area (TPSA) is 96.0 Å². The van der Waals surface area contributed by atoms with E-state index in [9.17, 15) is 18.0 Å². The molecule has 43 heavy (non-hydrogen) atoms. The minimum Gasteiger partial charge on any atom is -0.492 e. The zero-order chi connectivity index (χ0) is 31.4. The van der Waals surface area contributed by atoms with Gasteiger partial charge in [-0.2, -0.15) is 0 Å². The molecular formula is C33H43N3O5S2. The first-order valence-corrected chi connectivity index (χ1v) is 17.3. The molecule has 0 heterocycles. The Hall–Kier alpha value is -3.50. The zero-order valence-corrected chi connectivity index (χ0v) is 27.3. The molecule has 0 saturated carbocycles. The Morgan fingerprint density at radius 1 is 0.907 bits per heavy atom. The second-order valence-electron chi connectivity index (χ2n) is 10.2. The van der Waals surface area contributed by atoms with Crippen LogP contribution in [0.3, 0.4) is 0 Å². The lowest BCUT2D eigenvalue weighted by molar-refractivity contribution is -0.139. The molecule has 2 amide bonds. The fraction of sp³-hybridized carbons (Fsp3) is 0.394. The number of hydrogen-bond acceptors (Lipinski definition) is 6. The first-order valence-electron chi connectivity index (χ1n) is 14.7. The molecule has 0 saturated heterocycles. The maximum absolute atomic E-state index is 14.3.